The van der Waals surface area contributed by atoms with Gasteiger partial charge in [-0.25, -0.2) is 9.98 Å². The third-order valence-corrected chi connectivity index (χ3v) is 1.40. The Hall–Kier alpha value is -1.78. The van der Waals surface area contributed by atoms with Crippen LogP contribution in [-0.4, -0.2) is 22.2 Å². The van der Waals surface area contributed by atoms with Gasteiger partial charge in [0, 0.05) is 18.0 Å². The van der Waals surface area contributed by atoms with E-state index in [1.165, 1.54) is 13.1 Å². The molecule has 1 atom stereocenters. The molecule has 0 saturated heterocycles. The molecule has 5 nitrogen and oxygen atoms in total. The lowest BCUT2D eigenvalue weighted by atomic mass is 10.4. The Morgan fingerprint density at radius 2 is 2.46 bits per heavy atom. The number of aromatic nitrogens is 1. The summed E-state index contributed by atoms with van der Waals surface area (Å²) in [5.74, 6) is 0.483. The third kappa shape index (κ3) is 2.98. The molecule has 1 aromatic heterocycles. The average Bonchev–Trinajstić information content (AvgIpc) is 2.15. The molecule has 13 heavy (non-hydrogen) atoms. The molecule has 0 aliphatic carbocycles. The van der Waals surface area contributed by atoms with Crippen LogP contribution in [0.3, 0.4) is 0 Å². The van der Waals surface area contributed by atoms with Crippen molar-refractivity contribution in [2.24, 2.45) is 4.99 Å². The van der Waals surface area contributed by atoms with Crippen LogP contribution < -0.4 is 0 Å². The summed E-state index contributed by atoms with van der Waals surface area (Å²) in [6, 6.07) is 4.44. The van der Waals surface area contributed by atoms with Crippen molar-refractivity contribution >= 4 is 12.0 Å². The quantitative estimate of drug-likeness (QED) is 0.400. The van der Waals surface area contributed by atoms with Crippen LogP contribution in [0.15, 0.2) is 29.4 Å². The fourth-order valence-corrected chi connectivity index (χ4v) is 0.669. The molecular formula is C8H9N3O2. The second-order valence-electron chi connectivity index (χ2n) is 2.49. The molecule has 0 spiro atoms. The molecule has 0 saturated carbocycles. The highest BCUT2D eigenvalue weighted by Gasteiger charge is 2.07. The molecule has 1 rings (SSSR count). The predicted octanol–water partition coefficient (Wildman–Crippen LogP) is 1.45. The van der Waals surface area contributed by atoms with E-state index in [2.05, 4.69) is 9.98 Å². The van der Waals surface area contributed by atoms with E-state index in [9.17, 15) is 10.1 Å². The highest BCUT2D eigenvalue weighted by Crippen LogP contribution is 2.03. The van der Waals surface area contributed by atoms with Gasteiger partial charge < -0.3 is 0 Å². The summed E-state index contributed by atoms with van der Waals surface area (Å²) in [5, 5.41) is 10.2. The number of aliphatic imine (C=N–C) groups is 1. The molecule has 0 bridgehead atoms. The van der Waals surface area contributed by atoms with Gasteiger partial charge in [0.25, 0.3) is 0 Å². The van der Waals surface area contributed by atoms with E-state index in [1.54, 1.807) is 24.4 Å². The van der Waals surface area contributed by atoms with Crippen molar-refractivity contribution in [2.75, 3.05) is 0 Å². The minimum atomic E-state index is -0.776. The van der Waals surface area contributed by atoms with E-state index in [4.69, 9.17) is 0 Å². The smallest absolute Gasteiger partial charge is 0.245 e. The molecule has 1 heterocycles. The van der Waals surface area contributed by atoms with Gasteiger partial charge in [0.15, 0.2) is 5.82 Å². The Morgan fingerprint density at radius 3 is 3.00 bits per heavy atom. The Bertz CT molecular complexity index is 310. The first-order valence-corrected chi connectivity index (χ1v) is 3.79. The van der Waals surface area contributed by atoms with Crippen LogP contribution >= 0.6 is 0 Å². The summed E-state index contributed by atoms with van der Waals surface area (Å²) < 4.78 is 0. The van der Waals surface area contributed by atoms with Crippen LogP contribution in [0.1, 0.15) is 6.92 Å². The van der Waals surface area contributed by atoms with Crippen molar-refractivity contribution in [3.63, 3.8) is 0 Å². The molecule has 0 aliphatic heterocycles. The lowest BCUT2D eigenvalue weighted by molar-refractivity contribution is -0.497. The summed E-state index contributed by atoms with van der Waals surface area (Å²) in [7, 11) is 0. The molecule has 1 unspecified atom stereocenters. The van der Waals surface area contributed by atoms with Gasteiger partial charge in [0.05, 0.1) is 6.21 Å². The molecule has 1 aromatic rings. The molecule has 0 aliphatic rings. The Kier molecular flexibility index (Phi) is 3.08. The monoisotopic (exact) mass is 179 g/mol. The van der Waals surface area contributed by atoms with E-state index in [-0.39, 0.29) is 0 Å². The van der Waals surface area contributed by atoms with Crippen LogP contribution in [-0.2, 0) is 0 Å². The van der Waals surface area contributed by atoms with Crippen molar-refractivity contribution in [3.05, 3.63) is 34.5 Å². The fourth-order valence-electron chi connectivity index (χ4n) is 0.669. The van der Waals surface area contributed by atoms with Gasteiger partial charge >= 0.3 is 0 Å². The van der Waals surface area contributed by atoms with Crippen LogP contribution in [0.4, 0.5) is 5.82 Å². The molecule has 0 N–H and O–H groups in total. The van der Waals surface area contributed by atoms with Gasteiger partial charge in [-0.1, -0.05) is 6.07 Å². The molecule has 0 aromatic carbocycles. The van der Waals surface area contributed by atoms with Crippen molar-refractivity contribution in [1.82, 2.24) is 4.98 Å². The average molecular weight is 179 g/mol. The number of pyridine rings is 1. The van der Waals surface area contributed by atoms with E-state index >= 15 is 0 Å². The maximum atomic E-state index is 10.2. The molecular weight excluding hydrogens is 170 g/mol. The highest BCUT2D eigenvalue weighted by molar-refractivity contribution is 5.65. The van der Waals surface area contributed by atoms with E-state index in [0.717, 1.165) is 0 Å². The lowest BCUT2D eigenvalue weighted by Crippen LogP contribution is -2.15. The first kappa shape index (κ1) is 9.31. The summed E-state index contributed by atoms with van der Waals surface area (Å²) in [6.07, 6.45) is 2.85. The first-order valence-electron chi connectivity index (χ1n) is 3.79. The minimum absolute atomic E-state index is 0.410. The van der Waals surface area contributed by atoms with Crippen LogP contribution in [0.5, 0.6) is 0 Å². The largest absolute Gasteiger partial charge is 0.264 e. The normalized spacial score (nSPS) is 13.0. The van der Waals surface area contributed by atoms with Crippen molar-refractivity contribution in [3.8, 4) is 0 Å². The fraction of sp³-hybridized carbons (Fsp3) is 0.250. The van der Waals surface area contributed by atoms with Gasteiger partial charge in [-0.2, -0.15) is 0 Å². The molecule has 68 valence electrons. The SMILES string of the molecule is CC(C=Nc1ccccn1)[N+](=O)[O-]. The van der Waals surface area contributed by atoms with E-state index < -0.39 is 11.0 Å². The zero-order chi connectivity index (χ0) is 9.68. The zero-order valence-corrected chi connectivity index (χ0v) is 7.12. The van der Waals surface area contributed by atoms with E-state index in [1.807, 2.05) is 0 Å². The summed E-state index contributed by atoms with van der Waals surface area (Å²) >= 11 is 0. The van der Waals surface area contributed by atoms with Crippen LogP contribution in [0, 0.1) is 10.1 Å². The maximum Gasteiger partial charge on any atom is 0.245 e. The topological polar surface area (TPSA) is 68.4 Å². The van der Waals surface area contributed by atoms with Crippen molar-refractivity contribution < 1.29 is 4.92 Å². The molecule has 5 heteroatoms. The predicted molar refractivity (Wildman–Crippen MR) is 48.8 cm³/mol. The third-order valence-electron chi connectivity index (χ3n) is 1.40. The zero-order valence-electron chi connectivity index (χ0n) is 7.12. The maximum absolute atomic E-state index is 10.2. The number of hydrogen-bond donors (Lipinski definition) is 0. The van der Waals surface area contributed by atoms with Gasteiger partial charge in [-0.3, -0.25) is 10.1 Å². The second kappa shape index (κ2) is 4.30. The number of nitrogens with zero attached hydrogens (tertiary/aromatic N) is 3. The minimum Gasteiger partial charge on any atom is -0.264 e. The molecule has 0 fully saturated rings. The van der Waals surface area contributed by atoms with Gasteiger partial charge in [-0.05, 0) is 12.1 Å². The van der Waals surface area contributed by atoms with Crippen LogP contribution in [0.25, 0.3) is 0 Å². The first-order chi connectivity index (χ1) is 6.20. The standard InChI is InChI=1S/C8H9N3O2/c1-7(11(12)13)6-10-8-4-2-3-5-9-8/h2-7H,1H3. The van der Waals surface area contributed by atoms with E-state index in [0.29, 0.717) is 5.82 Å². The molecule has 0 radical (unpaired) electrons. The summed E-state index contributed by atoms with van der Waals surface area (Å²) in [6.45, 7) is 1.46. The van der Waals surface area contributed by atoms with Crippen LogP contribution in [0.2, 0.25) is 0 Å². The van der Waals surface area contributed by atoms with Gasteiger partial charge in [0.2, 0.25) is 6.04 Å². The second-order valence-corrected chi connectivity index (χ2v) is 2.49. The Balaban J connectivity index is 2.64. The Labute approximate surface area is 75.3 Å². The Morgan fingerprint density at radius 1 is 1.69 bits per heavy atom. The molecule has 0 amide bonds. The number of rotatable bonds is 3. The number of nitro groups is 1. The summed E-state index contributed by atoms with van der Waals surface area (Å²) in [4.78, 5) is 17.5. The summed E-state index contributed by atoms with van der Waals surface area (Å²) in [5.41, 5.74) is 0. The van der Waals surface area contributed by atoms with Gasteiger partial charge in [0.1, 0.15) is 0 Å². The highest BCUT2D eigenvalue weighted by atomic mass is 16.6. The van der Waals surface area contributed by atoms with Crippen molar-refractivity contribution in [2.45, 2.75) is 13.0 Å². The lowest BCUT2D eigenvalue weighted by Gasteiger charge is -1.94. The van der Waals surface area contributed by atoms with Gasteiger partial charge in [-0.15, -0.1) is 0 Å². The van der Waals surface area contributed by atoms with Crippen molar-refractivity contribution in [1.29, 1.82) is 0 Å². The number of hydrogen-bond acceptors (Lipinski definition) is 4.